The molecular formula is C41H44ClN3O9S. The number of rotatable bonds is 14. The first-order valence-corrected chi connectivity index (χ1v) is 19.5. The Labute approximate surface area is 327 Å². The Balaban J connectivity index is 0.000000444. The molecule has 290 valence electrons. The highest BCUT2D eigenvalue weighted by atomic mass is 35.5. The Morgan fingerprint density at radius 3 is 2.13 bits per heavy atom. The van der Waals surface area contributed by atoms with Crippen molar-refractivity contribution in [1.82, 2.24) is 9.80 Å². The highest BCUT2D eigenvalue weighted by Crippen LogP contribution is 2.33. The van der Waals surface area contributed by atoms with Crippen molar-refractivity contribution in [2.75, 3.05) is 39.5 Å². The van der Waals surface area contributed by atoms with Gasteiger partial charge in [0.2, 0.25) is 0 Å². The van der Waals surface area contributed by atoms with E-state index in [1.165, 1.54) is 5.56 Å². The summed E-state index contributed by atoms with van der Waals surface area (Å²) < 4.78 is 12.3. The molecule has 0 aliphatic carbocycles. The number of hydrogen-bond acceptors (Lipinski definition) is 8. The van der Waals surface area contributed by atoms with Crippen LogP contribution >= 0.6 is 11.6 Å². The summed E-state index contributed by atoms with van der Waals surface area (Å²) in [5.74, 6) is -4.55. The van der Waals surface area contributed by atoms with E-state index in [2.05, 4.69) is 29.2 Å². The Hall–Kier alpha value is -5.13. The molecule has 1 aliphatic heterocycles. The molecule has 0 saturated carbocycles. The molecule has 2 unspecified atom stereocenters. The number of carbonyl (C=O) groups excluding carboxylic acids is 1. The topological polar surface area (TPSA) is 197 Å². The summed E-state index contributed by atoms with van der Waals surface area (Å²) in [6.45, 7) is 3.46. The zero-order chi connectivity index (χ0) is 40.3. The maximum Gasteiger partial charge on any atom is 0.336 e. The van der Waals surface area contributed by atoms with Crippen molar-refractivity contribution in [3.05, 3.63) is 112 Å². The van der Waals surface area contributed by atoms with Crippen molar-refractivity contribution < 1.29 is 43.8 Å². The van der Waals surface area contributed by atoms with Crippen molar-refractivity contribution in [2.24, 2.45) is 0 Å². The van der Waals surface area contributed by atoms with E-state index in [4.69, 9.17) is 32.0 Å². The van der Waals surface area contributed by atoms with Gasteiger partial charge >= 0.3 is 17.9 Å². The molecule has 1 heterocycles. The fourth-order valence-electron chi connectivity index (χ4n) is 6.87. The summed E-state index contributed by atoms with van der Waals surface area (Å²) in [7, 11) is 0.859. The molecule has 1 aliphatic rings. The molecule has 4 aromatic rings. The van der Waals surface area contributed by atoms with E-state index in [9.17, 15) is 28.6 Å². The van der Waals surface area contributed by atoms with Gasteiger partial charge in [0.05, 0.1) is 35.3 Å². The van der Waals surface area contributed by atoms with Crippen molar-refractivity contribution in [2.45, 2.75) is 54.4 Å². The van der Waals surface area contributed by atoms with Gasteiger partial charge in [-0.1, -0.05) is 66.2 Å². The van der Waals surface area contributed by atoms with E-state index < -0.39 is 47.2 Å². The van der Waals surface area contributed by atoms with E-state index in [1.54, 1.807) is 17.2 Å². The molecule has 0 aromatic heterocycles. The molecule has 0 spiro atoms. The number of amides is 1. The molecule has 5 rings (SSSR count). The van der Waals surface area contributed by atoms with Crippen LogP contribution < -0.4 is 0 Å². The van der Waals surface area contributed by atoms with Gasteiger partial charge in [0.15, 0.2) is 5.60 Å². The normalized spacial score (nSPS) is 14.5. The minimum absolute atomic E-state index is 0.0879. The number of nitriles is 1. The maximum absolute atomic E-state index is 13.8. The second-order valence-corrected chi connectivity index (χ2v) is 15.4. The molecule has 1 saturated heterocycles. The van der Waals surface area contributed by atoms with Crippen LogP contribution in [-0.4, -0.2) is 103 Å². The molecule has 0 bridgehead atoms. The third-order valence-electron chi connectivity index (χ3n) is 9.74. The standard InChI is InChI=1S/C35H36ClN3O2S.C6H8O7/c1-38(35(40)33-22-25(23-37)21-28-7-3-4-8-31(28)33)24-29(26-11-13-30(36)14-12-26)17-20-39-18-15-27(16-19-39)32-9-5-6-10-34(32)42(2)41;7-3(8)1-6(13,5(11)12)2-4(9)10/h3-14,21-22,27,29H,15-20,24H2,1-2H3;13H,1-2H2,(H,7,8)(H,9,10)(H,11,12). The molecule has 14 heteroatoms. The number of halogens is 1. The maximum atomic E-state index is 13.8. The largest absolute Gasteiger partial charge is 0.481 e. The Morgan fingerprint density at radius 1 is 0.945 bits per heavy atom. The number of carboxylic acid groups (broad SMARTS) is 3. The van der Waals surface area contributed by atoms with Crippen LogP contribution in [0.15, 0.2) is 89.8 Å². The number of aliphatic carboxylic acids is 3. The highest BCUT2D eigenvalue weighted by molar-refractivity contribution is 7.84. The number of benzene rings is 4. The minimum Gasteiger partial charge on any atom is -0.481 e. The molecule has 0 radical (unpaired) electrons. The fraction of sp³-hybridized carbons (Fsp3) is 0.341. The molecule has 2 atom stereocenters. The third kappa shape index (κ3) is 11.7. The lowest BCUT2D eigenvalue weighted by Crippen LogP contribution is -2.42. The highest BCUT2D eigenvalue weighted by Gasteiger charge is 2.40. The van der Waals surface area contributed by atoms with Gasteiger partial charge in [0.1, 0.15) is 0 Å². The fourth-order valence-corrected chi connectivity index (χ4v) is 7.83. The van der Waals surface area contributed by atoms with Gasteiger partial charge in [-0.3, -0.25) is 18.6 Å². The van der Waals surface area contributed by atoms with Gasteiger partial charge in [-0.2, -0.15) is 5.26 Å². The van der Waals surface area contributed by atoms with Crippen LogP contribution in [0.5, 0.6) is 0 Å². The molecule has 4 aromatic carbocycles. The number of carbonyl (C=O) groups is 4. The van der Waals surface area contributed by atoms with Gasteiger partial charge in [-0.15, -0.1) is 0 Å². The number of fused-ring (bicyclic) bond motifs is 1. The van der Waals surface area contributed by atoms with Crippen LogP contribution in [-0.2, 0) is 25.2 Å². The molecular weight excluding hydrogens is 746 g/mol. The zero-order valence-electron chi connectivity index (χ0n) is 30.6. The van der Waals surface area contributed by atoms with E-state index in [0.717, 1.165) is 60.1 Å². The second-order valence-electron chi connectivity index (χ2n) is 13.7. The number of carboxylic acids is 3. The number of aliphatic hydroxyl groups is 1. The predicted octanol–water partition coefficient (Wildman–Crippen LogP) is 5.98. The van der Waals surface area contributed by atoms with Crippen molar-refractivity contribution in [3.8, 4) is 6.07 Å². The summed E-state index contributed by atoms with van der Waals surface area (Å²) in [6.07, 6.45) is 2.46. The SMILES string of the molecule is CN(CC(CCN1CCC(c2ccccc2S(C)=O)CC1)c1ccc(Cl)cc1)C(=O)c1cc(C#N)cc2ccccc12.O=C(O)CC(O)(CC(=O)O)C(=O)O. The van der Waals surface area contributed by atoms with Gasteiger partial charge in [0.25, 0.3) is 5.91 Å². The Morgan fingerprint density at radius 2 is 1.55 bits per heavy atom. The molecule has 1 amide bonds. The summed E-state index contributed by atoms with van der Waals surface area (Å²) >= 11 is 6.21. The van der Waals surface area contributed by atoms with E-state index in [-0.39, 0.29) is 11.8 Å². The average Bonchev–Trinajstić information content (AvgIpc) is 3.15. The quantitative estimate of drug-likeness (QED) is 0.117. The van der Waals surface area contributed by atoms with Gasteiger partial charge in [0, 0.05) is 41.2 Å². The van der Waals surface area contributed by atoms with Crippen molar-refractivity contribution in [1.29, 1.82) is 5.26 Å². The first-order valence-electron chi connectivity index (χ1n) is 17.6. The van der Waals surface area contributed by atoms with Crippen molar-refractivity contribution in [3.63, 3.8) is 0 Å². The number of piperidine rings is 1. The number of likely N-dealkylation sites (N-methyl/N-ethyl adjacent to an activating group) is 1. The first kappa shape index (κ1) is 42.6. The van der Waals surface area contributed by atoms with Crippen LogP contribution in [0.1, 0.15) is 71.0 Å². The lowest BCUT2D eigenvalue weighted by atomic mass is 9.88. The molecule has 12 nitrogen and oxygen atoms in total. The summed E-state index contributed by atoms with van der Waals surface area (Å²) in [5.41, 5.74) is 0.680. The second kappa shape index (κ2) is 19.5. The number of nitrogens with zero attached hydrogens (tertiary/aromatic N) is 3. The minimum atomic E-state index is -2.74. The lowest BCUT2D eigenvalue weighted by Gasteiger charge is -2.34. The monoisotopic (exact) mass is 789 g/mol. The van der Waals surface area contributed by atoms with E-state index in [1.807, 2.05) is 67.7 Å². The Kier molecular flexibility index (Phi) is 15.1. The van der Waals surface area contributed by atoms with Crippen LogP contribution in [0.25, 0.3) is 10.8 Å². The van der Waals surface area contributed by atoms with Crippen LogP contribution in [0.4, 0.5) is 0 Å². The molecule has 1 fully saturated rings. The van der Waals surface area contributed by atoms with E-state index in [0.29, 0.717) is 28.6 Å². The van der Waals surface area contributed by atoms with Gasteiger partial charge < -0.3 is 30.2 Å². The van der Waals surface area contributed by atoms with Crippen molar-refractivity contribution >= 4 is 57.0 Å². The summed E-state index contributed by atoms with van der Waals surface area (Å²) in [4.78, 5) is 49.5. The van der Waals surface area contributed by atoms with Gasteiger partial charge in [-0.25, -0.2) is 4.79 Å². The predicted molar refractivity (Wildman–Crippen MR) is 209 cm³/mol. The Bertz CT molecular complexity index is 2060. The molecule has 4 N–H and O–H groups in total. The summed E-state index contributed by atoms with van der Waals surface area (Å²) in [6, 6.07) is 29.5. The van der Waals surface area contributed by atoms with E-state index >= 15 is 0 Å². The third-order valence-corrected chi connectivity index (χ3v) is 11.0. The lowest BCUT2D eigenvalue weighted by molar-refractivity contribution is -0.170. The average molecular weight is 790 g/mol. The number of likely N-dealkylation sites (tertiary alicyclic amines) is 1. The first-order chi connectivity index (χ1) is 26.1. The van der Waals surface area contributed by atoms with Gasteiger partial charge in [-0.05, 0) is 97.0 Å². The molecule has 55 heavy (non-hydrogen) atoms. The smallest absolute Gasteiger partial charge is 0.336 e. The summed E-state index contributed by atoms with van der Waals surface area (Å²) in [5, 5.41) is 45.8. The van der Waals surface area contributed by atoms with Crippen LogP contribution in [0.2, 0.25) is 5.02 Å². The zero-order valence-corrected chi connectivity index (χ0v) is 32.1. The number of hydrogen-bond donors (Lipinski definition) is 4. The van der Waals surface area contributed by atoms with Crippen LogP contribution in [0, 0.1) is 11.3 Å². The van der Waals surface area contributed by atoms with Crippen LogP contribution in [0.3, 0.4) is 0 Å².